The van der Waals surface area contributed by atoms with E-state index in [0.717, 1.165) is 17.1 Å². The Bertz CT molecular complexity index is 2150. The fraction of sp³-hybridized carbons (Fsp3) is 0.143. The number of rotatable bonds is 4. The van der Waals surface area contributed by atoms with Crippen LogP contribution in [0, 0.1) is 0 Å². The van der Waals surface area contributed by atoms with Crippen LogP contribution in [0.15, 0.2) is 140 Å². The van der Waals surface area contributed by atoms with E-state index in [1.807, 2.05) is 11.3 Å². The minimum Gasteiger partial charge on any atom is -0.310 e. The van der Waals surface area contributed by atoms with E-state index in [-0.39, 0.29) is 10.8 Å². The summed E-state index contributed by atoms with van der Waals surface area (Å²) in [4.78, 5) is 2.37. The molecule has 0 unspecified atom stereocenters. The van der Waals surface area contributed by atoms with E-state index in [9.17, 15) is 0 Å². The summed E-state index contributed by atoms with van der Waals surface area (Å²) in [6.07, 6.45) is 0. The van der Waals surface area contributed by atoms with Gasteiger partial charge in [-0.2, -0.15) is 0 Å². The molecule has 8 rings (SSSR count). The van der Waals surface area contributed by atoms with Gasteiger partial charge in [-0.3, -0.25) is 0 Å². The summed E-state index contributed by atoms with van der Waals surface area (Å²) < 4.78 is 2.68. The molecular weight excluding hydrogens is 551 g/mol. The van der Waals surface area contributed by atoms with E-state index in [4.69, 9.17) is 0 Å². The Kier molecular flexibility index (Phi) is 6.08. The highest BCUT2D eigenvalue weighted by Gasteiger charge is 2.45. The fourth-order valence-electron chi connectivity index (χ4n) is 7.08. The smallest absolute Gasteiger partial charge is 0.0468 e. The van der Waals surface area contributed by atoms with Crippen molar-refractivity contribution in [1.29, 1.82) is 0 Å². The van der Waals surface area contributed by atoms with Crippen LogP contribution in [0.25, 0.3) is 42.4 Å². The number of anilines is 3. The Morgan fingerprint density at radius 1 is 0.432 bits per heavy atom. The highest BCUT2D eigenvalue weighted by molar-refractivity contribution is 7.25. The van der Waals surface area contributed by atoms with Crippen molar-refractivity contribution < 1.29 is 0 Å². The molecule has 0 bridgehead atoms. The van der Waals surface area contributed by atoms with E-state index < -0.39 is 0 Å². The van der Waals surface area contributed by atoms with Crippen molar-refractivity contribution in [2.45, 2.75) is 38.5 Å². The van der Waals surface area contributed by atoms with E-state index in [1.165, 1.54) is 53.6 Å². The van der Waals surface area contributed by atoms with Crippen LogP contribution in [0.1, 0.15) is 38.8 Å². The molecule has 1 heterocycles. The standard InChI is InChI=1S/C42H35NS/c1-41(2)37-18-12-11-17-33(37)34-26-36-35-25-32(23-24-39(35)44-40(36)27-38(34)42(41,3)4)43(30-15-9-6-10-16-30)31-21-19-29(20-22-31)28-13-7-5-8-14-28/h5-27H,1-4H3. The summed E-state index contributed by atoms with van der Waals surface area (Å²) in [5.41, 5.74) is 11.6. The molecule has 0 saturated heterocycles. The second kappa shape index (κ2) is 9.94. The van der Waals surface area contributed by atoms with Crippen LogP contribution in [0.5, 0.6) is 0 Å². The van der Waals surface area contributed by atoms with Gasteiger partial charge in [0, 0.05) is 37.2 Å². The van der Waals surface area contributed by atoms with Gasteiger partial charge in [0.1, 0.15) is 0 Å². The first-order chi connectivity index (χ1) is 21.3. The summed E-state index contributed by atoms with van der Waals surface area (Å²) in [6.45, 7) is 9.64. The van der Waals surface area contributed by atoms with Crippen molar-refractivity contribution in [2.75, 3.05) is 4.90 Å². The molecule has 0 saturated carbocycles. The molecule has 1 aliphatic rings. The maximum Gasteiger partial charge on any atom is 0.0468 e. The summed E-state index contributed by atoms with van der Waals surface area (Å²) in [5, 5.41) is 2.65. The van der Waals surface area contributed by atoms with Gasteiger partial charge in [-0.15, -0.1) is 11.3 Å². The Morgan fingerprint density at radius 2 is 1.00 bits per heavy atom. The minimum absolute atomic E-state index is 0.00221. The van der Waals surface area contributed by atoms with Crippen molar-refractivity contribution in [3.8, 4) is 22.3 Å². The van der Waals surface area contributed by atoms with Crippen molar-refractivity contribution in [1.82, 2.24) is 0 Å². The van der Waals surface area contributed by atoms with E-state index in [0.29, 0.717) is 0 Å². The lowest BCUT2D eigenvalue weighted by atomic mass is 9.55. The third kappa shape index (κ3) is 4.05. The molecule has 2 heteroatoms. The lowest BCUT2D eigenvalue weighted by molar-refractivity contribution is 0.299. The van der Waals surface area contributed by atoms with E-state index >= 15 is 0 Å². The number of hydrogen-bond donors (Lipinski definition) is 0. The van der Waals surface area contributed by atoms with Crippen LogP contribution in [0.2, 0.25) is 0 Å². The maximum atomic E-state index is 2.49. The molecule has 0 spiro atoms. The predicted molar refractivity (Wildman–Crippen MR) is 191 cm³/mol. The van der Waals surface area contributed by atoms with E-state index in [2.05, 4.69) is 172 Å². The number of hydrogen-bond acceptors (Lipinski definition) is 2. The zero-order valence-electron chi connectivity index (χ0n) is 25.6. The summed E-state index contributed by atoms with van der Waals surface area (Å²) in [5.74, 6) is 0. The van der Waals surface area contributed by atoms with Gasteiger partial charge in [0.15, 0.2) is 0 Å². The topological polar surface area (TPSA) is 3.24 Å². The molecule has 0 amide bonds. The Morgan fingerprint density at radius 3 is 1.75 bits per heavy atom. The molecule has 0 radical (unpaired) electrons. The average Bonchev–Trinajstić information content (AvgIpc) is 3.42. The third-order valence-corrected chi connectivity index (χ3v) is 11.4. The average molecular weight is 586 g/mol. The maximum absolute atomic E-state index is 2.49. The van der Waals surface area contributed by atoms with Crippen molar-refractivity contribution in [2.24, 2.45) is 0 Å². The zero-order chi connectivity index (χ0) is 30.1. The second-order valence-corrected chi connectivity index (χ2v) is 14.1. The van der Waals surface area contributed by atoms with Gasteiger partial charge in [0.05, 0.1) is 0 Å². The predicted octanol–water partition coefficient (Wildman–Crippen LogP) is 12.4. The van der Waals surface area contributed by atoms with Crippen molar-refractivity contribution in [3.05, 3.63) is 151 Å². The molecule has 0 fully saturated rings. The van der Waals surface area contributed by atoms with Gasteiger partial charge in [-0.25, -0.2) is 0 Å². The second-order valence-electron chi connectivity index (χ2n) is 13.1. The van der Waals surface area contributed by atoms with Crippen LogP contribution >= 0.6 is 11.3 Å². The van der Waals surface area contributed by atoms with E-state index in [1.54, 1.807) is 0 Å². The summed E-state index contributed by atoms with van der Waals surface area (Å²) in [7, 11) is 0. The third-order valence-electron chi connectivity index (χ3n) is 10.2. The van der Waals surface area contributed by atoms with Crippen molar-refractivity contribution >= 4 is 48.6 Å². The SMILES string of the molecule is CC1(C)c2ccccc2-c2cc3c(cc2C1(C)C)sc1ccc(N(c2ccccc2)c2ccc(-c4ccccc4)cc2)cc13. The molecule has 214 valence electrons. The number of fused-ring (bicyclic) bond motifs is 6. The minimum atomic E-state index is 0.00221. The molecule has 0 atom stereocenters. The Balaban J connectivity index is 1.30. The first kappa shape index (κ1) is 26.9. The Labute approximate surface area is 264 Å². The van der Waals surface area contributed by atoms with Gasteiger partial charge in [0.25, 0.3) is 0 Å². The molecule has 44 heavy (non-hydrogen) atoms. The Hall–Kier alpha value is -4.66. The summed E-state index contributed by atoms with van der Waals surface area (Å²) in [6, 6.07) is 51.2. The largest absolute Gasteiger partial charge is 0.310 e. The number of nitrogens with zero attached hydrogens (tertiary/aromatic N) is 1. The highest BCUT2D eigenvalue weighted by atomic mass is 32.1. The first-order valence-corrected chi connectivity index (χ1v) is 16.3. The first-order valence-electron chi connectivity index (χ1n) is 15.4. The lowest BCUT2D eigenvalue weighted by Crippen LogP contribution is -2.43. The van der Waals surface area contributed by atoms with Crippen LogP contribution in [-0.4, -0.2) is 0 Å². The van der Waals surface area contributed by atoms with Gasteiger partial charge in [0.2, 0.25) is 0 Å². The van der Waals surface area contributed by atoms with Crippen molar-refractivity contribution in [3.63, 3.8) is 0 Å². The van der Waals surface area contributed by atoms with Crippen LogP contribution < -0.4 is 4.90 Å². The van der Waals surface area contributed by atoms with Crippen LogP contribution in [0.3, 0.4) is 0 Å². The molecule has 1 aliphatic carbocycles. The molecule has 0 N–H and O–H groups in total. The van der Waals surface area contributed by atoms with Gasteiger partial charge >= 0.3 is 0 Å². The number of thiophene rings is 1. The van der Waals surface area contributed by atoms with Gasteiger partial charge in [-0.1, -0.05) is 113 Å². The highest BCUT2D eigenvalue weighted by Crippen LogP contribution is 2.55. The van der Waals surface area contributed by atoms with Crippen LogP contribution in [0.4, 0.5) is 17.1 Å². The monoisotopic (exact) mass is 585 g/mol. The fourth-order valence-corrected chi connectivity index (χ4v) is 8.19. The quantitative estimate of drug-likeness (QED) is 0.199. The van der Waals surface area contributed by atoms with Crippen LogP contribution in [-0.2, 0) is 10.8 Å². The number of benzene rings is 6. The normalized spacial score (nSPS) is 14.7. The zero-order valence-corrected chi connectivity index (χ0v) is 26.5. The molecule has 1 nitrogen and oxygen atoms in total. The lowest BCUT2D eigenvalue weighted by Gasteiger charge is -2.48. The summed E-state index contributed by atoms with van der Waals surface area (Å²) >= 11 is 1.91. The van der Waals surface area contributed by atoms with Gasteiger partial charge < -0.3 is 4.90 Å². The molecule has 6 aromatic carbocycles. The molecular formula is C42H35NS. The molecule has 1 aromatic heterocycles. The molecule has 0 aliphatic heterocycles. The number of para-hydroxylation sites is 1. The molecule has 7 aromatic rings. The van der Waals surface area contributed by atoms with Gasteiger partial charge in [-0.05, 0) is 98.8 Å².